The van der Waals surface area contributed by atoms with Gasteiger partial charge in [0.1, 0.15) is 6.04 Å². The third-order valence-electron chi connectivity index (χ3n) is 3.47. The molecule has 0 spiro atoms. The van der Waals surface area contributed by atoms with Gasteiger partial charge in [-0.1, -0.05) is 44.2 Å². The van der Waals surface area contributed by atoms with Crippen molar-refractivity contribution in [1.82, 2.24) is 5.32 Å². The van der Waals surface area contributed by atoms with E-state index in [1.165, 1.54) is 0 Å². The zero-order valence-corrected chi connectivity index (χ0v) is 14.4. The first-order valence-electron chi connectivity index (χ1n) is 7.56. The number of nitrogens with one attached hydrogen (secondary N) is 1. The van der Waals surface area contributed by atoms with Crippen LogP contribution in [-0.4, -0.2) is 21.3 Å². The minimum atomic E-state index is -1.11. The van der Waals surface area contributed by atoms with E-state index in [-0.39, 0.29) is 5.25 Å². The lowest BCUT2D eigenvalue weighted by Gasteiger charge is -2.16. The van der Waals surface area contributed by atoms with Crippen molar-refractivity contribution in [2.75, 3.05) is 0 Å². The highest BCUT2D eigenvalue weighted by atomic mass is 32.2. The fourth-order valence-electron chi connectivity index (χ4n) is 2.19. The Bertz CT molecular complexity index is 743. The Morgan fingerprint density at radius 3 is 2.08 bits per heavy atom. The van der Waals surface area contributed by atoms with Crippen LogP contribution < -0.4 is 11.1 Å². The molecule has 0 fully saturated rings. The van der Waals surface area contributed by atoms with Crippen molar-refractivity contribution >= 4 is 22.6 Å². The molecule has 0 saturated carbocycles. The van der Waals surface area contributed by atoms with Crippen molar-refractivity contribution in [3.05, 3.63) is 65.7 Å². The van der Waals surface area contributed by atoms with E-state index < -0.39 is 28.7 Å². The minimum absolute atomic E-state index is 0.00185. The van der Waals surface area contributed by atoms with Crippen LogP contribution in [0.3, 0.4) is 0 Å². The van der Waals surface area contributed by atoms with E-state index in [0.717, 1.165) is 0 Å². The number of carbonyl (C=O) groups excluding carboxylic acids is 2. The first-order valence-corrected chi connectivity index (χ1v) is 8.77. The van der Waals surface area contributed by atoms with Crippen LogP contribution in [-0.2, 0) is 15.6 Å². The Morgan fingerprint density at radius 1 is 1.00 bits per heavy atom. The van der Waals surface area contributed by atoms with Gasteiger partial charge in [0.15, 0.2) is 0 Å². The molecular weight excluding hydrogens is 324 g/mol. The fourth-order valence-corrected chi connectivity index (χ4v) is 3.14. The molecular formula is C18H20N2O3S. The summed E-state index contributed by atoms with van der Waals surface area (Å²) >= 11 is 0. The van der Waals surface area contributed by atoms with E-state index in [9.17, 15) is 13.8 Å². The molecule has 0 heterocycles. The number of nitrogens with two attached hydrogens (primary N) is 1. The summed E-state index contributed by atoms with van der Waals surface area (Å²) in [5, 5.41) is 2.63. The summed E-state index contributed by atoms with van der Waals surface area (Å²) in [4.78, 5) is 24.7. The Kier molecular flexibility index (Phi) is 5.87. The Balaban J connectivity index is 2.16. The summed E-state index contributed by atoms with van der Waals surface area (Å²) < 4.78 is 12.0. The predicted molar refractivity (Wildman–Crippen MR) is 93.8 cm³/mol. The molecule has 0 aliphatic heterocycles. The highest BCUT2D eigenvalue weighted by molar-refractivity contribution is 7.85. The fraction of sp³-hybridized carbons (Fsp3) is 0.222. The van der Waals surface area contributed by atoms with Gasteiger partial charge in [-0.2, -0.15) is 0 Å². The van der Waals surface area contributed by atoms with Crippen molar-refractivity contribution in [2.24, 2.45) is 5.73 Å². The van der Waals surface area contributed by atoms with Crippen LogP contribution in [0.4, 0.5) is 0 Å². The second-order valence-electron chi connectivity index (χ2n) is 5.59. The lowest BCUT2D eigenvalue weighted by atomic mass is 10.1. The van der Waals surface area contributed by atoms with Crippen LogP contribution in [0.25, 0.3) is 0 Å². The van der Waals surface area contributed by atoms with Gasteiger partial charge >= 0.3 is 0 Å². The molecule has 24 heavy (non-hydrogen) atoms. The number of amides is 2. The molecule has 0 radical (unpaired) electrons. The second kappa shape index (κ2) is 7.88. The lowest BCUT2D eigenvalue weighted by Crippen LogP contribution is -2.37. The highest BCUT2D eigenvalue weighted by Gasteiger charge is 2.21. The van der Waals surface area contributed by atoms with E-state index in [0.29, 0.717) is 16.0 Å². The first kappa shape index (κ1) is 17.9. The number of hydrogen-bond acceptors (Lipinski definition) is 3. The predicted octanol–water partition coefficient (Wildman–Crippen LogP) is 2.16. The molecule has 5 nitrogen and oxygen atoms in total. The van der Waals surface area contributed by atoms with Crippen LogP contribution in [0.2, 0.25) is 0 Å². The average Bonchev–Trinajstić information content (AvgIpc) is 2.59. The summed E-state index contributed by atoms with van der Waals surface area (Å²) in [5.41, 5.74) is 6.40. The normalized spacial score (nSPS) is 13.3. The van der Waals surface area contributed by atoms with Crippen molar-refractivity contribution in [3.8, 4) is 0 Å². The molecule has 0 aromatic heterocycles. The molecule has 126 valence electrons. The van der Waals surface area contributed by atoms with Gasteiger partial charge in [-0.25, -0.2) is 0 Å². The number of primary amides is 1. The number of carbonyl (C=O) groups is 2. The maximum absolute atomic E-state index is 12.4. The van der Waals surface area contributed by atoms with Gasteiger partial charge in [0.25, 0.3) is 5.91 Å². The summed E-state index contributed by atoms with van der Waals surface area (Å²) in [6.45, 7) is 3.74. The maximum atomic E-state index is 12.4. The van der Waals surface area contributed by atoms with Gasteiger partial charge in [0.05, 0.1) is 10.8 Å². The summed E-state index contributed by atoms with van der Waals surface area (Å²) in [7, 11) is -1.11. The number of benzene rings is 2. The van der Waals surface area contributed by atoms with E-state index in [4.69, 9.17) is 5.73 Å². The van der Waals surface area contributed by atoms with Crippen LogP contribution in [0, 0.1) is 0 Å². The van der Waals surface area contributed by atoms with E-state index in [2.05, 4.69) is 5.32 Å². The van der Waals surface area contributed by atoms with Gasteiger partial charge in [0, 0.05) is 15.7 Å². The SMILES string of the molecule is CC(C)[S@@](=O)c1ccc(C(=O)N[C@@H](C(N)=O)c2ccccc2)cc1. The molecule has 0 aliphatic carbocycles. The van der Waals surface area contributed by atoms with Gasteiger partial charge < -0.3 is 11.1 Å². The molecule has 2 atom stereocenters. The smallest absolute Gasteiger partial charge is 0.252 e. The molecule has 0 aliphatic rings. The molecule has 0 saturated heterocycles. The van der Waals surface area contributed by atoms with Crippen molar-refractivity contribution in [1.29, 1.82) is 0 Å². The lowest BCUT2D eigenvalue weighted by molar-refractivity contribution is -0.120. The molecule has 2 amide bonds. The van der Waals surface area contributed by atoms with Crippen LogP contribution in [0.15, 0.2) is 59.5 Å². The summed E-state index contributed by atoms with van der Waals surface area (Å²) in [6, 6.07) is 14.4. The molecule has 2 aromatic rings. The Morgan fingerprint density at radius 2 is 1.58 bits per heavy atom. The van der Waals surface area contributed by atoms with Crippen molar-refractivity contribution in [3.63, 3.8) is 0 Å². The van der Waals surface area contributed by atoms with E-state index in [1.807, 2.05) is 19.9 Å². The average molecular weight is 344 g/mol. The molecule has 2 rings (SSSR count). The maximum Gasteiger partial charge on any atom is 0.252 e. The second-order valence-corrected chi connectivity index (χ2v) is 7.60. The summed E-state index contributed by atoms with van der Waals surface area (Å²) in [6.07, 6.45) is 0. The summed E-state index contributed by atoms with van der Waals surface area (Å²) in [5.74, 6) is -1.04. The molecule has 2 aromatic carbocycles. The first-order chi connectivity index (χ1) is 11.4. The van der Waals surface area contributed by atoms with Crippen molar-refractivity contribution < 1.29 is 13.8 Å². The Labute approximate surface area is 143 Å². The topological polar surface area (TPSA) is 89.3 Å². The highest BCUT2D eigenvalue weighted by Crippen LogP contribution is 2.15. The van der Waals surface area contributed by atoms with E-state index in [1.54, 1.807) is 48.5 Å². The van der Waals surface area contributed by atoms with Gasteiger partial charge in [-0.05, 0) is 29.8 Å². The van der Waals surface area contributed by atoms with Crippen LogP contribution in [0.5, 0.6) is 0 Å². The molecule has 0 unspecified atom stereocenters. The number of hydrogen-bond donors (Lipinski definition) is 2. The zero-order chi connectivity index (χ0) is 17.7. The van der Waals surface area contributed by atoms with Gasteiger partial charge in [-0.3, -0.25) is 13.8 Å². The Hall–Kier alpha value is -2.47. The van der Waals surface area contributed by atoms with Crippen LogP contribution in [0.1, 0.15) is 35.8 Å². The van der Waals surface area contributed by atoms with Crippen molar-refractivity contribution in [2.45, 2.75) is 30.0 Å². The zero-order valence-electron chi connectivity index (χ0n) is 13.6. The molecule has 3 N–H and O–H groups in total. The largest absolute Gasteiger partial charge is 0.368 e. The third-order valence-corrected chi connectivity index (χ3v) is 5.06. The van der Waals surface area contributed by atoms with Gasteiger partial charge in [0.2, 0.25) is 5.91 Å². The standard InChI is InChI=1S/C18H20N2O3S/c1-12(2)24(23)15-10-8-14(9-11-15)18(22)20-16(17(19)21)13-6-4-3-5-7-13/h3-12,16H,1-2H3,(H2,19,21)(H,20,22)/t16-,24-/m1/s1. The molecule has 0 bridgehead atoms. The molecule has 6 heteroatoms. The monoisotopic (exact) mass is 344 g/mol. The quantitative estimate of drug-likeness (QED) is 0.841. The number of rotatable bonds is 6. The minimum Gasteiger partial charge on any atom is -0.368 e. The van der Waals surface area contributed by atoms with E-state index >= 15 is 0 Å². The third kappa shape index (κ3) is 4.29. The van der Waals surface area contributed by atoms with Crippen LogP contribution >= 0.6 is 0 Å². The van der Waals surface area contributed by atoms with Gasteiger partial charge in [-0.15, -0.1) is 0 Å².